The lowest BCUT2D eigenvalue weighted by molar-refractivity contribution is -0.134. The fraction of sp³-hybridized carbons (Fsp3) is 0.659. The molecule has 1 aromatic heterocycles. The number of unbranched alkanes of at least 4 members (excludes halogenated alkanes) is 16. The minimum absolute atomic E-state index is 0.000360. The van der Waals surface area contributed by atoms with Crippen molar-refractivity contribution in [3.8, 4) is 5.75 Å². The molecule has 0 spiro atoms. The molecule has 23 N–H and O–H groups in total. The highest BCUT2D eigenvalue weighted by molar-refractivity contribution is 5.98. The van der Waals surface area contributed by atoms with Crippen LogP contribution >= 0.6 is 0 Å². The largest absolute Gasteiger partial charge is 0.508 e. The summed E-state index contributed by atoms with van der Waals surface area (Å²) in [7, 11) is 0. The lowest BCUT2D eigenvalue weighted by Gasteiger charge is -2.26. The smallest absolute Gasteiger partial charge is 0.243 e. The van der Waals surface area contributed by atoms with E-state index in [0.717, 1.165) is 35.7 Å². The van der Waals surface area contributed by atoms with Crippen LogP contribution in [-0.4, -0.2) is 193 Å². The Bertz CT molecular complexity index is 3640. The molecule has 0 saturated carbocycles. The molecular weight excluding hydrogens is 1530 g/mol. The van der Waals surface area contributed by atoms with Crippen LogP contribution in [0, 0.1) is 11.8 Å². The van der Waals surface area contributed by atoms with Crippen LogP contribution in [0.25, 0.3) is 10.9 Å². The maximum Gasteiger partial charge on any atom is 0.243 e. The number of nitrogens with one attached hydrogen (secondary N) is 14. The molecule has 0 aliphatic rings. The predicted octanol–water partition coefficient (Wildman–Crippen LogP) is 3.91. The van der Waals surface area contributed by atoms with Crippen molar-refractivity contribution in [1.29, 1.82) is 0 Å². The van der Waals surface area contributed by atoms with E-state index >= 15 is 0 Å². The highest BCUT2D eigenvalue weighted by Gasteiger charge is 2.33. The summed E-state index contributed by atoms with van der Waals surface area (Å²) in [4.78, 5) is 193. The number of aliphatic imine (C=N–C) groups is 1. The molecule has 1 heterocycles. The first-order valence-electron chi connectivity index (χ1n) is 43.0. The number of hydrogen-bond donors (Lipinski definition) is 19. The molecule has 0 fully saturated rings. The number of rotatable bonds is 65. The van der Waals surface area contributed by atoms with Crippen molar-refractivity contribution in [1.82, 2.24) is 74.1 Å². The number of aromatic nitrogens is 1. The number of para-hydroxylation sites is 1. The van der Waals surface area contributed by atoms with Crippen molar-refractivity contribution in [3.05, 3.63) is 65.9 Å². The summed E-state index contributed by atoms with van der Waals surface area (Å²) in [6.45, 7) is 12.6. The second-order valence-electron chi connectivity index (χ2n) is 31.7. The first kappa shape index (κ1) is 103. The number of nitrogens with zero attached hydrogens (tertiary/aromatic N) is 1. The molecule has 0 aliphatic heterocycles. The Labute approximate surface area is 702 Å². The number of carbonyl (C=O) groups excluding carboxylic acids is 14. The predicted molar refractivity (Wildman–Crippen MR) is 458 cm³/mol. The van der Waals surface area contributed by atoms with Gasteiger partial charge in [0.2, 0.25) is 82.7 Å². The first-order valence-corrected chi connectivity index (χ1v) is 43.0. The third kappa shape index (κ3) is 46.5. The van der Waals surface area contributed by atoms with Crippen LogP contribution in [-0.2, 0) is 80.0 Å². The summed E-state index contributed by atoms with van der Waals surface area (Å²) >= 11 is 0. The molecule has 2 aromatic carbocycles. The van der Waals surface area contributed by atoms with Gasteiger partial charge in [0.1, 0.15) is 54.1 Å². The molecule has 0 radical (unpaired) electrons. The summed E-state index contributed by atoms with van der Waals surface area (Å²) in [5.41, 5.74) is 24.5. The van der Waals surface area contributed by atoms with Crippen molar-refractivity contribution in [2.24, 2.45) is 39.8 Å². The van der Waals surface area contributed by atoms with Gasteiger partial charge in [0.25, 0.3) is 0 Å². The van der Waals surface area contributed by atoms with Gasteiger partial charge in [-0.15, -0.1) is 0 Å². The molecule has 0 bridgehead atoms. The van der Waals surface area contributed by atoms with E-state index in [9.17, 15) is 72.2 Å². The Kier molecular flexibility index (Phi) is 51.9. The lowest BCUT2D eigenvalue weighted by Crippen LogP contribution is -2.57. The first-order chi connectivity index (χ1) is 56.9. The maximum atomic E-state index is 14.6. The zero-order chi connectivity index (χ0) is 87.9. The Morgan fingerprint density at radius 3 is 1.39 bits per heavy atom. The number of primary amides is 1. The minimum Gasteiger partial charge on any atom is -0.508 e. The van der Waals surface area contributed by atoms with E-state index in [0.29, 0.717) is 82.9 Å². The summed E-state index contributed by atoms with van der Waals surface area (Å²) in [5.74, 6) is -8.07. The molecule has 0 unspecified atom stereocenters. The molecule has 119 heavy (non-hydrogen) atoms. The van der Waals surface area contributed by atoms with Gasteiger partial charge in [-0.1, -0.05) is 142 Å². The average molecular weight is 1670 g/mol. The van der Waals surface area contributed by atoms with Gasteiger partial charge in [-0.3, -0.25) is 72.1 Å². The average Bonchev–Trinajstić information content (AvgIpc) is 1.71. The number of aromatic hydroxyl groups is 1. The maximum absolute atomic E-state index is 14.6. The Morgan fingerprint density at radius 2 is 0.832 bits per heavy atom. The molecule has 0 saturated heterocycles. The van der Waals surface area contributed by atoms with E-state index in [1.165, 1.54) is 83.8 Å². The fourth-order valence-electron chi connectivity index (χ4n) is 13.2. The molecule has 3 aromatic rings. The Morgan fingerprint density at radius 1 is 0.395 bits per heavy atom. The van der Waals surface area contributed by atoms with Gasteiger partial charge in [-0.05, 0) is 151 Å². The van der Waals surface area contributed by atoms with Gasteiger partial charge in [0.05, 0.1) is 13.1 Å². The van der Waals surface area contributed by atoms with Gasteiger partial charge in [0, 0.05) is 81.8 Å². The number of hydrogen-bond acceptors (Lipinski definition) is 17. The highest BCUT2D eigenvalue weighted by Crippen LogP contribution is 2.21. The van der Waals surface area contributed by atoms with E-state index in [1.807, 2.05) is 58.2 Å². The molecule has 34 nitrogen and oxygen atoms in total. The topological polar surface area (TPSA) is 548 Å². The van der Waals surface area contributed by atoms with Crippen LogP contribution in [0.3, 0.4) is 0 Å². The molecule has 34 heteroatoms. The fourth-order valence-corrected chi connectivity index (χ4v) is 13.2. The van der Waals surface area contributed by atoms with E-state index in [4.69, 9.17) is 22.9 Å². The van der Waals surface area contributed by atoms with Crippen molar-refractivity contribution in [2.45, 2.75) is 302 Å². The van der Waals surface area contributed by atoms with Gasteiger partial charge < -0.3 is 102 Å². The van der Waals surface area contributed by atoms with Gasteiger partial charge in [-0.25, -0.2) is 0 Å². The zero-order valence-corrected chi connectivity index (χ0v) is 71.5. The van der Waals surface area contributed by atoms with E-state index in [1.54, 1.807) is 12.1 Å². The zero-order valence-electron chi connectivity index (χ0n) is 71.5. The van der Waals surface area contributed by atoms with E-state index in [-0.39, 0.29) is 125 Å². The van der Waals surface area contributed by atoms with E-state index < -0.39 is 126 Å². The molecule has 8 atom stereocenters. The number of guanidine groups is 1. The van der Waals surface area contributed by atoms with Crippen LogP contribution in [0.15, 0.2) is 59.7 Å². The van der Waals surface area contributed by atoms with Crippen LogP contribution in [0.2, 0.25) is 0 Å². The number of aromatic amines is 1. The Balaban J connectivity index is 1.41. The van der Waals surface area contributed by atoms with Crippen LogP contribution < -0.4 is 92.1 Å². The van der Waals surface area contributed by atoms with Crippen molar-refractivity contribution >= 4 is 99.6 Å². The molecule has 0 aliphatic carbocycles. The number of nitrogens with two attached hydrogens (primary N) is 4. The van der Waals surface area contributed by atoms with Crippen LogP contribution in [0.4, 0.5) is 0 Å². The summed E-state index contributed by atoms with van der Waals surface area (Å²) < 4.78 is 0. The van der Waals surface area contributed by atoms with Crippen molar-refractivity contribution < 1.29 is 72.2 Å². The third-order valence-electron chi connectivity index (χ3n) is 20.0. The second kappa shape index (κ2) is 60.1. The van der Waals surface area contributed by atoms with Gasteiger partial charge in [0.15, 0.2) is 5.96 Å². The summed E-state index contributed by atoms with van der Waals surface area (Å²) in [5, 5.41) is 46.0. The Hall–Kier alpha value is -10.4. The normalized spacial score (nSPS) is 13.2. The quantitative estimate of drug-likeness (QED) is 0.0216. The van der Waals surface area contributed by atoms with Gasteiger partial charge in [-0.2, -0.15) is 0 Å². The van der Waals surface area contributed by atoms with Gasteiger partial charge >= 0.3 is 0 Å². The second-order valence-corrected chi connectivity index (χ2v) is 31.7. The minimum atomic E-state index is -1.24. The molecule has 14 amide bonds. The highest BCUT2D eigenvalue weighted by atomic mass is 16.3. The molecular formula is C85H141N19O15. The van der Waals surface area contributed by atoms with Crippen LogP contribution in [0.1, 0.15) is 252 Å². The number of phenolic OH excluding ortho intramolecular Hbond substituents is 1. The lowest BCUT2D eigenvalue weighted by atomic mass is 10.0. The number of phenols is 1. The third-order valence-corrected chi connectivity index (χ3v) is 20.0. The standard InChI is InChI=1S/C85H141N19O15/c1-8-9-10-11-12-13-14-15-16-17-18-19-20-39-74(109)100-70(52-61-53-94-64-33-22-21-32-63(61)64)84(119)104-69(51-60-40-42-62(105)43-41-60)83(118)102-65(34-23-27-44-86)80(115)92-47-30-26-37-72(107)90-45-28-24-36-71(106)91-46-29-25-38-73(108)95-54-75(110)99-66(35-31-48-93-85(88)89)81(116)98-59(7)79(114)97-58(6)78(113)96-55-76(111)101-68(50-57(4)5)82(117)103-67(77(87)112)49-56(2)3/h21-22,32-33,40-43,53,56-59,65-70,94,105H,8-20,23-31,34-39,44-52,54-55,86H2,1-7H3,(H2,87,112)(H,90,107)(H,91,106)(H,92,115)(H,95,108)(H,96,113)(H,97,114)(H,98,116)(H,99,110)(H,100,109)(H,101,111)(H,102,118)(H,103,117)(H,104,119)(H4,88,89,93)/t58-,59-,65-,66-,67-,68-,69-,70-/m0/s1. The molecule has 3 rings (SSSR count). The number of H-pyrrole nitrogens is 1. The number of amides is 14. The molecule has 666 valence electrons. The number of carbonyl (C=O) groups is 14. The summed E-state index contributed by atoms with van der Waals surface area (Å²) in [6, 6.07) is 4.99. The monoisotopic (exact) mass is 1670 g/mol. The number of benzene rings is 2. The number of fused-ring (bicyclic) bond motifs is 1. The van der Waals surface area contributed by atoms with Crippen molar-refractivity contribution in [2.75, 3.05) is 45.8 Å². The summed E-state index contributed by atoms with van der Waals surface area (Å²) in [6.07, 6.45) is 22.5. The van der Waals surface area contributed by atoms with Crippen molar-refractivity contribution in [3.63, 3.8) is 0 Å². The van der Waals surface area contributed by atoms with Crippen LogP contribution in [0.5, 0.6) is 5.75 Å². The van der Waals surface area contributed by atoms with E-state index in [2.05, 4.69) is 86.0 Å². The SMILES string of the molecule is CCCCCCCCCCCCCCCC(=O)N[C@@H](Cc1c[nH]c2ccccc12)C(=O)N[C@@H](Cc1ccc(O)cc1)C(=O)N[C@@H](CCCCN)C(=O)NCCCCC(=O)NCCCCC(=O)NCCCCC(=O)NCC(=O)N[C@@H](CCCN=C(N)N)C(=O)N[C@@H](C)C(=O)N[C@@H](C)C(=O)NCC(=O)N[C@@H](CC(C)C)C(=O)N[C@@H](CC(C)C)C(N)=O.